The summed E-state index contributed by atoms with van der Waals surface area (Å²) in [4.78, 5) is 32.0. The Hall–Kier alpha value is -3.22. The molecule has 0 fully saturated rings. The standard InChI is InChI=1S/C16H16N4O3/c1-2-23-15(22)13(11-19-16-17-9-6-10-18-16)20-14(21)12-7-4-3-5-8-12/h3-11H,2H2,1H3,(H,20,21)(H,17,18,19)/b13-11-. The molecule has 0 saturated heterocycles. The molecule has 0 aliphatic carbocycles. The molecule has 0 unspecified atom stereocenters. The molecular weight excluding hydrogens is 296 g/mol. The van der Waals surface area contributed by atoms with E-state index in [1.165, 1.54) is 6.20 Å². The van der Waals surface area contributed by atoms with Gasteiger partial charge in [-0.2, -0.15) is 0 Å². The molecule has 23 heavy (non-hydrogen) atoms. The molecule has 1 aromatic carbocycles. The lowest BCUT2D eigenvalue weighted by Gasteiger charge is -2.09. The van der Waals surface area contributed by atoms with Crippen LogP contribution in [0.3, 0.4) is 0 Å². The van der Waals surface area contributed by atoms with Crippen LogP contribution < -0.4 is 10.6 Å². The first-order chi connectivity index (χ1) is 11.2. The lowest BCUT2D eigenvalue weighted by atomic mass is 10.2. The number of carbonyl (C=O) groups excluding carboxylic acids is 2. The molecule has 2 aromatic rings. The smallest absolute Gasteiger partial charge is 0.356 e. The first-order valence-electron chi connectivity index (χ1n) is 6.98. The second-order valence-electron chi connectivity index (χ2n) is 4.32. The lowest BCUT2D eigenvalue weighted by molar-refractivity contribution is -0.138. The Morgan fingerprint density at radius 2 is 1.83 bits per heavy atom. The molecule has 118 valence electrons. The van der Waals surface area contributed by atoms with Gasteiger partial charge in [0, 0.05) is 24.2 Å². The third-order valence-electron chi connectivity index (χ3n) is 2.69. The van der Waals surface area contributed by atoms with Crippen LogP contribution in [0.2, 0.25) is 0 Å². The minimum Gasteiger partial charge on any atom is -0.461 e. The Morgan fingerprint density at radius 1 is 1.13 bits per heavy atom. The number of rotatable bonds is 6. The van der Waals surface area contributed by atoms with E-state index in [-0.39, 0.29) is 12.3 Å². The molecule has 0 atom stereocenters. The topological polar surface area (TPSA) is 93.2 Å². The molecule has 0 radical (unpaired) electrons. The van der Waals surface area contributed by atoms with E-state index in [1.807, 2.05) is 0 Å². The van der Waals surface area contributed by atoms with Gasteiger partial charge in [0.05, 0.1) is 6.61 Å². The van der Waals surface area contributed by atoms with Crippen molar-refractivity contribution in [2.75, 3.05) is 11.9 Å². The highest BCUT2D eigenvalue weighted by atomic mass is 16.5. The zero-order valence-corrected chi connectivity index (χ0v) is 12.5. The van der Waals surface area contributed by atoms with Gasteiger partial charge in [-0.25, -0.2) is 14.8 Å². The Labute approximate surface area is 133 Å². The number of nitrogens with one attached hydrogen (secondary N) is 2. The van der Waals surface area contributed by atoms with E-state index in [4.69, 9.17) is 4.74 Å². The lowest BCUT2D eigenvalue weighted by Crippen LogP contribution is -2.29. The van der Waals surface area contributed by atoms with Crippen LogP contribution in [0.15, 0.2) is 60.7 Å². The summed E-state index contributed by atoms with van der Waals surface area (Å²) >= 11 is 0. The van der Waals surface area contributed by atoms with E-state index >= 15 is 0 Å². The normalized spacial score (nSPS) is 10.7. The monoisotopic (exact) mass is 312 g/mol. The van der Waals surface area contributed by atoms with Crippen molar-refractivity contribution in [2.24, 2.45) is 0 Å². The summed E-state index contributed by atoms with van der Waals surface area (Å²) < 4.78 is 4.93. The summed E-state index contributed by atoms with van der Waals surface area (Å²) in [5, 5.41) is 5.26. The molecule has 2 rings (SSSR count). The first kappa shape index (κ1) is 16.2. The zero-order chi connectivity index (χ0) is 16.5. The molecule has 0 saturated carbocycles. The number of esters is 1. The van der Waals surface area contributed by atoms with Crippen LogP contribution in [0.4, 0.5) is 5.95 Å². The summed E-state index contributed by atoms with van der Waals surface area (Å²) in [5.74, 6) is -0.774. The fourth-order valence-corrected chi connectivity index (χ4v) is 1.65. The summed E-state index contributed by atoms with van der Waals surface area (Å²) in [5.41, 5.74) is 0.395. The molecule has 1 amide bonds. The highest BCUT2D eigenvalue weighted by Crippen LogP contribution is 2.03. The Balaban J connectivity index is 2.14. The summed E-state index contributed by atoms with van der Waals surface area (Å²) in [6, 6.07) is 10.2. The fourth-order valence-electron chi connectivity index (χ4n) is 1.65. The van der Waals surface area contributed by atoms with Crippen molar-refractivity contribution in [3.8, 4) is 0 Å². The third-order valence-corrected chi connectivity index (χ3v) is 2.69. The van der Waals surface area contributed by atoms with Crippen molar-refractivity contribution in [3.05, 3.63) is 66.3 Å². The van der Waals surface area contributed by atoms with Gasteiger partial charge in [0.1, 0.15) is 5.70 Å². The molecule has 7 heteroatoms. The van der Waals surface area contributed by atoms with Gasteiger partial charge in [-0.1, -0.05) is 18.2 Å². The number of hydrogen-bond donors (Lipinski definition) is 2. The number of carbonyl (C=O) groups is 2. The second-order valence-corrected chi connectivity index (χ2v) is 4.32. The number of nitrogens with zero attached hydrogens (tertiary/aromatic N) is 2. The van der Waals surface area contributed by atoms with Crippen molar-refractivity contribution in [3.63, 3.8) is 0 Å². The predicted molar refractivity (Wildman–Crippen MR) is 84.3 cm³/mol. The average Bonchev–Trinajstić information content (AvgIpc) is 2.60. The van der Waals surface area contributed by atoms with E-state index < -0.39 is 11.9 Å². The SMILES string of the molecule is CCOC(=O)/C(=C/Nc1ncccn1)NC(=O)c1ccccc1. The van der Waals surface area contributed by atoms with Crippen molar-refractivity contribution < 1.29 is 14.3 Å². The predicted octanol–water partition coefficient (Wildman–Crippen LogP) is 1.72. The van der Waals surface area contributed by atoms with Crippen molar-refractivity contribution >= 4 is 17.8 Å². The number of ether oxygens (including phenoxy) is 1. The van der Waals surface area contributed by atoms with Crippen LogP contribution in [0.1, 0.15) is 17.3 Å². The van der Waals surface area contributed by atoms with Gasteiger partial charge in [-0.15, -0.1) is 0 Å². The molecule has 0 bridgehead atoms. The third kappa shape index (κ3) is 4.92. The molecular formula is C16H16N4O3. The summed E-state index contributed by atoms with van der Waals surface area (Å²) in [7, 11) is 0. The number of aromatic nitrogens is 2. The largest absolute Gasteiger partial charge is 0.461 e. The van der Waals surface area contributed by atoms with Gasteiger partial charge < -0.3 is 15.4 Å². The van der Waals surface area contributed by atoms with Crippen LogP contribution in [0.25, 0.3) is 0 Å². The molecule has 0 aliphatic rings. The van der Waals surface area contributed by atoms with Crippen molar-refractivity contribution in [1.29, 1.82) is 0 Å². The van der Waals surface area contributed by atoms with E-state index in [0.29, 0.717) is 11.5 Å². The van der Waals surface area contributed by atoms with E-state index in [2.05, 4.69) is 20.6 Å². The Morgan fingerprint density at radius 3 is 2.48 bits per heavy atom. The molecule has 0 spiro atoms. The maximum absolute atomic E-state index is 12.2. The zero-order valence-electron chi connectivity index (χ0n) is 12.5. The minimum atomic E-state index is -0.653. The summed E-state index contributed by atoms with van der Waals surface area (Å²) in [6.07, 6.45) is 4.40. The Kier molecular flexibility index (Phi) is 5.81. The highest BCUT2D eigenvalue weighted by Gasteiger charge is 2.15. The van der Waals surface area contributed by atoms with Gasteiger partial charge in [-0.3, -0.25) is 4.79 Å². The van der Waals surface area contributed by atoms with Crippen LogP contribution >= 0.6 is 0 Å². The Bertz CT molecular complexity index is 687. The van der Waals surface area contributed by atoms with Gasteiger partial charge in [0.2, 0.25) is 5.95 Å². The van der Waals surface area contributed by atoms with Gasteiger partial charge >= 0.3 is 5.97 Å². The number of amides is 1. The van der Waals surface area contributed by atoms with E-state index in [9.17, 15) is 9.59 Å². The molecule has 1 heterocycles. The number of benzene rings is 1. The first-order valence-corrected chi connectivity index (χ1v) is 6.98. The summed E-state index contributed by atoms with van der Waals surface area (Å²) in [6.45, 7) is 1.88. The fraction of sp³-hybridized carbons (Fsp3) is 0.125. The van der Waals surface area contributed by atoms with Crippen LogP contribution in [0, 0.1) is 0 Å². The number of anilines is 1. The second kappa shape index (κ2) is 8.28. The maximum atomic E-state index is 12.2. The van der Waals surface area contributed by atoms with Gasteiger partial charge in [-0.05, 0) is 25.1 Å². The average molecular weight is 312 g/mol. The van der Waals surface area contributed by atoms with Crippen LogP contribution in [-0.2, 0) is 9.53 Å². The van der Waals surface area contributed by atoms with Crippen molar-refractivity contribution in [1.82, 2.24) is 15.3 Å². The highest BCUT2D eigenvalue weighted by molar-refractivity contribution is 6.01. The quantitative estimate of drug-likeness (QED) is 0.623. The van der Waals surface area contributed by atoms with Gasteiger partial charge in [0.15, 0.2) is 0 Å². The van der Waals surface area contributed by atoms with E-state index in [0.717, 1.165) is 0 Å². The van der Waals surface area contributed by atoms with Crippen molar-refractivity contribution in [2.45, 2.75) is 6.92 Å². The molecule has 1 aromatic heterocycles. The minimum absolute atomic E-state index is 0.0341. The van der Waals surface area contributed by atoms with Crippen LogP contribution in [0.5, 0.6) is 0 Å². The number of hydrogen-bond acceptors (Lipinski definition) is 6. The van der Waals surface area contributed by atoms with Gasteiger partial charge in [0.25, 0.3) is 5.91 Å². The molecule has 2 N–H and O–H groups in total. The van der Waals surface area contributed by atoms with Crippen LogP contribution in [-0.4, -0.2) is 28.5 Å². The molecule has 0 aliphatic heterocycles. The maximum Gasteiger partial charge on any atom is 0.356 e. The molecule has 7 nitrogen and oxygen atoms in total. The van der Waals surface area contributed by atoms with E-state index in [1.54, 1.807) is 55.7 Å².